The summed E-state index contributed by atoms with van der Waals surface area (Å²) in [4.78, 5) is 22.3. The molecular formula is C23H25N5O2S. The van der Waals surface area contributed by atoms with E-state index in [0.29, 0.717) is 5.16 Å². The number of fused-ring (bicyclic) bond motifs is 1. The Morgan fingerprint density at radius 1 is 1.06 bits per heavy atom. The lowest BCUT2D eigenvalue weighted by molar-refractivity contribution is 0.0715. The number of rotatable bonds is 6. The highest BCUT2D eigenvalue weighted by Crippen LogP contribution is 2.41. The quantitative estimate of drug-likeness (QED) is 0.590. The van der Waals surface area contributed by atoms with Crippen LogP contribution in [0.25, 0.3) is 0 Å². The number of aromatic nitrogens is 3. The van der Waals surface area contributed by atoms with Crippen LogP contribution in [0, 0.1) is 0 Å². The molecule has 3 heterocycles. The van der Waals surface area contributed by atoms with Crippen molar-refractivity contribution in [2.45, 2.75) is 23.0 Å². The number of hydrogen-bond acceptors (Lipinski definition) is 7. The zero-order valence-electron chi connectivity index (χ0n) is 17.4. The molecule has 3 aromatic rings. The van der Waals surface area contributed by atoms with E-state index in [1.807, 2.05) is 12.1 Å². The van der Waals surface area contributed by atoms with Crippen LogP contribution in [-0.2, 0) is 6.54 Å². The Hall–Kier alpha value is -2.68. The van der Waals surface area contributed by atoms with E-state index in [2.05, 4.69) is 62.3 Å². The first-order valence-electron chi connectivity index (χ1n) is 10.5. The Bertz CT molecular complexity index is 1030. The minimum Gasteiger partial charge on any atom is -0.497 e. The highest BCUT2D eigenvalue weighted by Gasteiger charge is 2.43. The summed E-state index contributed by atoms with van der Waals surface area (Å²) in [6.45, 7) is 4.71. The fourth-order valence-corrected chi connectivity index (χ4v) is 5.60. The van der Waals surface area contributed by atoms with Crippen molar-refractivity contribution in [3.63, 3.8) is 0 Å². The van der Waals surface area contributed by atoms with Crippen LogP contribution in [0.3, 0.4) is 0 Å². The molecule has 2 aliphatic heterocycles. The van der Waals surface area contributed by atoms with Gasteiger partial charge in [0.2, 0.25) is 0 Å². The molecule has 0 saturated carbocycles. The number of ether oxygens (including phenoxy) is 1. The number of benzene rings is 2. The fourth-order valence-electron chi connectivity index (χ4n) is 4.37. The maximum absolute atomic E-state index is 13.1. The van der Waals surface area contributed by atoms with Crippen molar-refractivity contribution < 1.29 is 9.53 Å². The SMILES string of the molecule is COc1ccc(C(C2Sc3ncnn3C2=O)N2CCN(Cc3ccccc3)CC2)cc1. The van der Waals surface area contributed by atoms with Crippen LogP contribution in [0.15, 0.2) is 66.1 Å². The van der Waals surface area contributed by atoms with Crippen LogP contribution in [0.4, 0.5) is 0 Å². The van der Waals surface area contributed by atoms with Gasteiger partial charge in [-0.3, -0.25) is 14.6 Å². The predicted molar refractivity (Wildman–Crippen MR) is 119 cm³/mol. The number of carbonyl (C=O) groups excluding carboxylic acids is 1. The molecule has 31 heavy (non-hydrogen) atoms. The minimum absolute atomic E-state index is 0.00466. The summed E-state index contributed by atoms with van der Waals surface area (Å²) in [6.07, 6.45) is 1.45. The van der Waals surface area contributed by atoms with Gasteiger partial charge in [0.15, 0.2) is 5.16 Å². The molecule has 1 fully saturated rings. The lowest BCUT2D eigenvalue weighted by atomic mass is 9.99. The van der Waals surface area contributed by atoms with E-state index in [9.17, 15) is 4.79 Å². The molecule has 2 aromatic carbocycles. The van der Waals surface area contributed by atoms with E-state index in [-0.39, 0.29) is 17.2 Å². The molecule has 2 unspecified atom stereocenters. The Kier molecular flexibility index (Phi) is 5.76. The van der Waals surface area contributed by atoms with E-state index < -0.39 is 0 Å². The van der Waals surface area contributed by atoms with Gasteiger partial charge in [0, 0.05) is 32.7 Å². The molecular weight excluding hydrogens is 410 g/mol. The molecule has 2 atom stereocenters. The first-order valence-corrected chi connectivity index (χ1v) is 11.4. The monoisotopic (exact) mass is 435 g/mol. The van der Waals surface area contributed by atoms with Crippen LogP contribution in [0.1, 0.15) is 22.0 Å². The Labute approximate surface area is 186 Å². The molecule has 1 saturated heterocycles. The highest BCUT2D eigenvalue weighted by atomic mass is 32.2. The summed E-state index contributed by atoms with van der Waals surface area (Å²) >= 11 is 1.51. The van der Waals surface area contributed by atoms with Crippen molar-refractivity contribution in [3.05, 3.63) is 72.1 Å². The molecule has 8 heteroatoms. The van der Waals surface area contributed by atoms with Crippen molar-refractivity contribution >= 4 is 17.7 Å². The summed E-state index contributed by atoms with van der Waals surface area (Å²) in [5.74, 6) is 0.820. The molecule has 7 nitrogen and oxygen atoms in total. The van der Waals surface area contributed by atoms with Crippen molar-refractivity contribution in [1.29, 1.82) is 0 Å². The Morgan fingerprint density at radius 3 is 2.48 bits per heavy atom. The summed E-state index contributed by atoms with van der Waals surface area (Å²) in [5.41, 5.74) is 2.45. The minimum atomic E-state index is -0.259. The second kappa shape index (κ2) is 8.82. The predicted octanol–water partition coefficient (Wildman–Crippen LogP) is 2.96. The van der Waals surface area contributed by atoms with Gasteiger partial charge < -0.3 is 4.74 Å². The maximum atomic E-state index is 13.1. The van der Waals surface area contributed by atoms with E-state index in [0.717, 1.165) is 44.0 Å². The topological polar surface area (TPSA) is 63.5 Å². The average molecular weight is 436 g/mol. The lowest BCUT2D eigenvalue weighted by Gasteiger charge is -2.41. The van der Waals surface area contributed by atoms with Gasteiger partial charge in [0.05, 0.1) is 13.2 Å². The summed E-state index contributed by atoms with van der Waals surface area (Å²) in [6, 6.07) is 18.6. The summed E-state index contributed by atoms with van der Waals surface area (Å²) < 4.78 is 6.78. The average Bonchev–Trinajstić information content (AvgIpc) is 3.40. The first-order chi connectivity index (χ1) is 15.2. The first kappa shape index (κ1) is 20.2. The van der Waals surface area contributed by atoms with Crippen molar-refractivity contribution in [2.75, 3.05) is 33.3 Å². The summed E-state index contributed by atoms with van der Waals surface area (Å²) in [7, 11) is 1.67. The number of thioether (sulfide) groups is 1. The number of piperazine rings is 1. The molecule has 0 amide bonds. The van der Waals surface area contributed by atoms with Crippen molar-refractivity contribution in [2.24, 2.45) is 0 Å². The third-order valence-electron chi connectivity index (χ3n) is 5.99. The maximum Gasteiger partial charge on any atom is 0.264 e. The third kappa shape index (κ3) is 4.11. The van der Waals surface area contributed by atoms with Crippen LogP contribution < -0.4 is 4.74 Å². The van der Waals surface area contributed by atoms with Crippen LogP contribution in [0.2, 0.25) is 0 Å². The lowest BCUT2D eigenvalue weighted by Crippen LogP contribution is -2.50. The number of carbonyl (C=O) groups is 1. The normalized spacial score (nSPS) is 20.5. The molecule has 0 spiro atoms. The molecule has 0 radical (unpaired) electrons. The van der Waals surface area contributed by atoms with Gasteiger partial charge in [-0.2, -0.15) is 9.78 Å². The van der Waals surface area contributed by atoms with Crippen molar-refractivity contribution in [3.8, 4) is 5.75 Å². The van der Waals surface area contributed by atoms with Gasteiger partial charge >= 0.3 is 0 Å². The largest absolute Gasteiger partial charge is 0.497 e. The molecule has 0 N–H and O–H groups in total. The molecule has 1 aromatic heterocycles. The Balaban J connectivity index is 1.35. The van der Waals surface area contributed by atoms with Crippen LogP contribution in [0.5, 0.6) is 5.75 Å². The van der Waals surface area contributed by atoms with Gasteiger partial charge in [0.1, 0.15) is 17.3 Å². The van der Waals surface area contributed by atoms with Gasteiger partial charge in [-0.15, -0.1) is 0 Å². The standard InChI is InChI=1S/C23H25N5O2S/c1-30-19-9-7-18(8-10-19)20(21-22(29)28-23(31-21)24-16-25-28)27-13-11-26(12-14-27)15-17-5-3-2-4-6-17/h2-10,16,20-21H,11-15H2,1H3. The van der Waals surface area contributed by atoms with Crippen LogP contribution >= 0.6 is 11.8 Å². The molecule has 0 bridgehead atoms. The zero-order valence-corrected chi connectivity index (χ0v) is 18.2. The molecule has 160 valence electrons. The van der Waals surface area contributed by atoms with Gasteiger partial charge in [0.25, 0.3) is 5.91 Å². The number of methoxy groups -OCH3 is 1. The van der Waals surface area contributed by atoms with Crippen molar-refractivity contribution in [1.82, 2.24) is 24.6 Å². The molecule has 0 aliphatic carbocycles. The van der Waals surface area contributed by atoms with E-state index >= 15 is 0 Å². The van der Waals surface area contributed by atoms with Gasteiger partial charge in [-0.1, -0.05) is 54.2 Å². The fraction of sp³-hybridized carbons (Fsp3) is 0.348. The second-order valence-electron chi connectivity index (χ2n) is 7.85. The number of hydrogen-bond donors (Lipinski definition) is 0. The second-order valence-corrected chi connectivity index (χ2v) is 8.96. The van der Waals surface area contributed by atoms with Gasteiger partial charge in [-0.05, 0) is 23.3 Å². The van der Waals surface area contributed by atoms with E-state index in [1.165, 1.54) is 28.3 Å². The van der Waals surface area contributed by atoms with Gasteiger partial charge in [-0.25, -0.2) is 4.98 Å². The zero-order chi connectivity index (χ0) is 21.2. The van der Waals surface area contributed by atoms with Crippen LogP contribution in [-0.4, -0.2) is 69.0 Å². The molecule has 5 rings (SSSR count). The summed E-state index contributed by atoms with van der Waals surface area (Å²) in [5, 5.41) is 4.54. The van der Waals surface area contributed by atoms with E-state index in [1.54, 1.807) is 7.11 Å². The highest BCUT2D eigenvalue weighted by molar-refractivity contribution is 8.00. The van der Waals surface area contributed by atoms with E-state index in [4.69, 9.17) is 4.74 Å². The number of nitrogens with zero attached hydrogens (tertiary/aromatic N) is 5. The third-order valence-corrected chi connectivity index (χ3v) is 7.20. The Morgan fingerprint density at radius 2 is 1.81 bits per heavy atom. The molecule has 2 aliphatic rings. The smallest absolute Gasteiger partial charge is 0.264 e.